The van der Waals surface area contributed by atoms with Crippen LogP contribution in [0.5, 0.6) is 0 Å². The van der Waals surface area contributed by atoms with Crippen LogP contribution in [0.15, 0.2) is 29.0 Å². The quantitative estimate of drug-likeness (QED) is 0.384. The molecule has 2 aromatic heterocycles. The molecule has 2 atom stereocenters. The maximum absolute atomic E-state index is 13.9. The lowest BCUT2D eigenvalue weighted by Crippen LogP contribution is -2.42. The average molecular weight is 537 g/mol. The number of fused-ring (bicyclic) bond motifs is 6. The molecule has 0 spiro atoms. The van der Waals surface area contributed by atoms with Gasteiger partial charge in [0, 0.05) is 42.5 Å². The van der Waals surface area contributed by atoms with Crippen molar-refractivity contribution in [3.05, 3.63) is 40.1 Å². The van der Waals surface area contributed by atoms with Crippen molar-refractivity contribution in [2.45, 2.75) is 37.9 Å². The highest BCUT2D eigenvalue weighted by molar-refractivity contribution is 9.10. The third-order valence-electron chi connectivity index (χ3n) is 6.41. The summed E-state index contributed by atoms with van der Waals surface area (Å²) in [5, 5.41) is 6.74. The van der Waals surface area contributed by atoms with Gasteiger partial charge in [0.05, 0.1) is 21.2 Å². The minimum atomic E-state index is -4.62. The van der Waals surface area contributed by atoms with Crippen LogP contribution >= 0.6 is 15.9 Å². The second-order valence-corrected chi connectivity index (χ2v) is 9.55. The highest BCUT2D eigenvalue weighted by atomic mass is 79.9. The number of carbonyl (C=O) groups excluding carboxylic acids is 1. The van der Waals surface area contributed by atoms with Crippen LogP contribution in [0.4, 0.5) is 19.1 Å². The van der Waals surface area contributed by atoms with Crippen LogP contribution in [0.25, 0.3) is 22.2 Å². The van der Waals surface area contributed by atoms with Gasteiger partial charge < -0.3 is 20.5 Å². The van der Waals surface area contributed by atoms with E-state index in [2.05, 4.69) is 46.4 Å². The number of nitrogens with one attached hydrogen (secondary N) is 3. The molecule has 34 heavy (non-hydrogen) atoms. The van der Waals surface area contributed by atoms with Gasteiger partial charge >= 0.3 is 6.18 Å². The SMILES string of the molecule is O=C1NCCCCN2CCC[C@@H](C2)Nc2ncc(C(F)(F)F)c(n2)-c2c[nH]c3c(Br)c1ccc23. The molecule has 180 valence electrons. The zero-order valence-electron chi connectivity index (χ0n) is 18.3. The minimum absolute atomic E-state index is 0.0524. The van der Waals surface area contributed by atoms with Gasteiger partial charge in [-0.25, -0.2) is 9.97 Å². The smallest absolute Gasteiger partial charge is 0.360 e. The molecule has 8 bridgehead atoms. The Morgan fingerprint density at radius 1 is 1.12 bits per heavy atom. The third kappa shape index (κ3) is 4.50. The van der Waals surface area contributed by atoms with E-state index in [4.69, 9.17) is 0 Å². The Balaban J connectivity index is 1.63. The fraction of sp³-hybridized carbons (Fsp3) is 0.435. The van der Waals surface area contributed by atoms with E-state index in [9.17, 15) is 18.0 Å². The van der Waals surface area contributed by atoms with Crippen molar-refractivity contribution in [2.24, 2.45) is 0 Å². The molecule has 1 unspecified atom stereocenters. The number of H-pyrrole nitrogens is 1. The van der Waals surface area contributed by atoms with Crippen LogP contribution in [0.2, 0.25) is 0 Å². The molecule has 3 N–H and O–H groups in total. The number of hydrogen-bond acceptors (Lipinski definition) is 5. The highest BCUT2D eigenvalue weighted by Gasteiger charge is 2.36. The van der Waals surface area contributed by atoms with E-state index in [1.807, 2.05) is 0 Å². The summed E-state index contributed by atoms with van der Waals surface area (Å²) in [5.41, 5.74) is 0.146. The fourth-order valence-corrected chi connectivity index (χ4v) is 5.36. The Labute approximate surface area is 202 Å². The molecule has 7 nitrogen and oxygen atoms in total. The number of alkyl halides is 3. The molecule has 3 aromatic rings. The van der Waals surface area contributed by atoms with Gasteiger partial charge in [-0.3, -0.25) is 4.79 Å². The second-order valence-electron chi connectivity index (χ2n) is 8.75. The lowest BCUT2D eigenvalue weighted by atomic mass is 10.0. The van der Waals surface area contributed by atoms with Crippen molar-refractivity contribution in [3.8, 4) is 11.3 Å². The van der Waals surface area contributed by atoms with Gasteiger partial charge in [-0.2, -0.15) is 13.2 Å². The molecule has 11 heteroatoms. The van der Waals surface area contributed by atoms with E-state index in [1.165, 1.54) is 6.20 Å². The maximum atomic E-state index is 13.9. The monoisotopic (exact) mass is 536 g/mol. The molecule has 1 aromatic carbocycles. The first-order chi connectivity index (χ1) is 16.3. The number of aromatic nitrogens is 3. The standard InChI is InChI=1S/C23H24BrF3N6O/c24-18-15-6-5-14-16(10-29-20(14)18)19-17(23(25,26)27)11-30-22(32-19)31-13-4-3-9-33(12-13)8-2-1-7-28-21(15)34/h5-6,10-11,13,29H,1-4,7-9,12H2,(H,28,34)(H,30,31,32)/t13-/m0/s1. The molecule has 3 aliphatic heterocycles. The van der Waals surface area contributed by atoms with Crippen LogP contribution in [0, 0.1) is 0 Å². The van der Waals surface area contributed by atoms with Crippen LogP contribution in [-0.2, 0) is 6.18 Å². The minimum Gasteiger partial charge on any atom is -0.360 e. The molecule has 1 amide bonds. The van der Waals surface area contributed by atoms with Crippen LogP contribution in [-0.4, -0.2) is 58.0 Å². The predicted octanol–water partition coefficient (Wildman–Crippen LogP) is 4.81. The van der Waals surface area contributed by atoms with Gasteiger partial charge in [0.2, 0.25) is 5.95 Å². The van der Waals surface area contributed by atoms with E-state index < -0.39 is 11.7 Å². The summed E-state index contributed by atoms with van der Waals surface area (Å²) in [6.45, 7) is 3.20. The van der Waals surface area contributed by atoms with Gasteiger partial charge in [-0.1, -0.05) is 6.07 Å². The zero-order chi connectivity index (χ0) is 23.9. The summed E-state index contributed by atoms with van der Waals surface area (Å²) in [5.74, 6) is -0.0473. The van der Waals surface area contributed by atoms with E-state index in [-0.39, 0.29) is 23.6 Å². The Morgan fingerprint density at radius 2 is 1.94 bits per heavy atom. The number of halogens is 4. The summed E-state index contributed by atoms with van der Waals surface area (Å²) >= 11 is 3.46. The summed E-state index contributed by atoms with van der Waals surface area (Å²) in [4.78, 5) is 26.4. The van der Waals surface area contributed by atoms with Crippen LogP contribution < -0.4 is 10.6 Å². The van der Waals surface area contributed by atoms with Crippen molar-refractivity contribution in [2.75, 3.05) is 31.5 Å². The molecule has 1 saturated heterocycles. The lowest BCUT2D eigenvalue weighted by molar-refractivity contribution is -0.137. The maximum Gasteiger partial charge on any atom is 0.419 e. The molecular formula is C23H24BrF3N6O. The molecule has 6 rings (SSSR count). The second kappa shape index (κ2) is 9.18. The summed E-state index contributed by atoms with van der Waals surface area (Å²) < 4.78 is 42.2. The topological polar surface area (TPSA) is 85.9 Å². The number of anilines is 1. The summed E-state index contributed by atoms with van der Waals surface area (Å²) in [6, 6.07) is 3.32. The predicted molar refractivity (Wildman–Crippen MR) is 127 cm³/mol. The highest BCUT2D eigenvalue weighted by Crippen LogP contribution is 2.40. The van der Waals surface area contributed by atoms with E-state index in [0.717, 1.165) is 51.5 Å². The number of rotatable bonds is 0. The molecule has 1 fully saturated rings. The first-order valence-corrected chi connectivity index (χ1v) is 12.1. The summed E-state index contributed by atoms with van der Waals surface area (Å²) in [6.07, 6.45) is 1.41. The van der Waals surface area contributed by atoms with E-state index in [1.54, 1.807) is 12.1 Å². The average Bonchev–Trinajstić information content (AvgIpc) is 3.23. The Morgan fingerprint density at radius 3 is 2.76 bits per heavy atom. The van der Waals surface area contributed by atoms with E-state index >= 15 is 0 Å². The van der Waals surface area contributed by atoms with Crippen LogP contribution in [0.1, 0.15) is 41.6 Å². The fourth-order valence-electron chi connectivity index (χ4n) is 4.72. The Bertz CT molecular complexity index is 1230. The molecular weight excluding hydrogens is 513 g/mol. The Kier molecular flexibility index (Phi) is 6.24. The molecule has 5 heterocycles. The first-order valence-electron chi connectivity index (χ1n) is 11.3. The van der Waals surface area contributed by atoms with Gasteiger partial charge in [0.15, 0.2) is 0 Å². The third-order valence-corrected chi connectivity index (χ3v) is 7.24. The number of benzene rings is 1. The van der Waals surface area contributed by atoms with Crippen molar-refractivity contribution in [1.29, 1.82) is 0 Å². The Hall–Kier alpha value is -2.66. The number of carbonyl (C=O) groups is 1. The number of piperidine rings is 1. The van der Waals surface area contributed by atoms with E-state index in [0.29, 0.717) is 33.0 Å². The first kappa shape index (κ1) is 23.1. The molecule has 0 saturated carbocycles. The van der Waals surface area contributed by atoms with Gasteiger partial charge in [0.25, 0.3) is 5.91 Å². The number of hydrogen-bond donors (Lipinski definition) is 3. The molecule has 3 aliphatic rings. The van der Waals surface area contributed by atoms with Crippen molar-refractivity contribution >= 4 is 38.7 Å². The van der Waals surface area contributed by atoms with Crippen LogP contribution in [0.3, 0.4) is 0 Å². The zero-order valence-corrected chi connectivity index (χ0v) is 19.9. The number of aromatic amines is 1. The number of nitrogens with zero attached hydrogens (tertiary/aromatic N) is 3. The normalized spacial score (nSPS) is 21.7. The molecule has 0 aliphatic carbocycles. The lowest BCUT2D eigenvalue weighted by Gasteiger charge is -2.33. The largest absolute Gasteiger partial charge is 0.419 e. The summed E-state index contributed by atoms with van der Waals surface area (Å²) in [7, 11) is 0. The van der Waals surface area contributed by atoms with Gasteiger partial charge in [-0.15, -0.1) is 0 Å². The van der Waals surface area contributed by atoms with Crippen molar-refractivity contribution in [3.63, 3.8) is 0 Å². The van der Waals surface area contributed by atoms with Gasteiger partial charge in [-0.05, 0) is 60.8 Å². The van der Waals surface area contributed by atoms with Crippen molar-refractivity contribution in [1.82, 2.24) is 25.2 Å². The number of amides is 1. The van der Waals surface area contributed by atoms with Crippen molar-refractivity contribution < 1.29 is 18.0 Å². The van der Waals surface area contributed by atoms with Gasteiger partial charge in [0.1, 0.15) is 5.56 Å². The molecule has 0 radical (unpaired) electrons.